The maximum Gasteiger partial charge on any atom is 0.358 e. The lowest BCUT2D eigenvalue weighted by molar-refractivity contribution is 0.0690. The second-order valence-corrected chi connectivity index (χ2v) is 3.87. The summed E-state index contributed by atoms with van der Waals surface area (Å²) < 4.78 is 0. The average molecular weight is 258 g/mol. The molecular formula is C13H14N4O2. The quantitative estimate of drug-likeness (QED) is 0.877. The number of hydrogen-bond acceptors (Lipinski definition) is 5. The molecule has 6 heteroatoms. The van der Waals surface area contributed by atoms with Crippen LogP contribution in [0.4, 0.5) is 5.82 Å². The van der Waals surface area contributed by atoms with Gasteiger partial charge in [0, 0.05) is 25.1 Å². The van der Waals surface area contributed by atoms with Crippen molar-refractivity contribution in [2.75, 3.05) is 11.4 Å². The second-order valence-electron chi connectivity index (χ2n) is 3.87. The molecule has 2 rings (SSSR count). The third-order valence-electron chi connectivity index (χ3n) is 2.64. The predicted molar refractivity (Wildman–Crippen MR) is 70.0 cm³/mol. The summed E-state index contributed by atoms with van der Waals surface area (Å²) in [7, 11) is 0. The van der Waals surface area contributed by atoms with Gasteiger partial charge in [0.15, 0.2) is 11.5 Å². The van der Waals surface area contributed by atoms with E-state index in [0.717, 1.165) is 5.69 Å². The van der Waals surface area contributed by atoms with Crippen LogP contribution in [0.3, 0.4) is 0 Å². The molecule has 0 amide bonds. The van der Waals surface area contributed by atoms with E-state index in [1.807, 2.05) is 30.0 Å². The first-order valence-corrected chi connectivity index (χ1v) is 5.91. The van der Waals surface area contributed by atoms with Crippen molar-refractivity contribution in [3.8, 4) is 0 Å². The Morgan fingerprint density at radius 1 is 1.21 bits per heavy atom. The van der Waals surface area contributed by atoms with Crippen molar-refractivity contribution in [3.63, 3.8) is 0 Å². The van der Waals surface area contributed by atoms with Gasteiger partial charge in [0.1, 0.15) is 0 Å². The van der Waals surface area contributed by atoms with Crippen molar-refractivity contribution in [2.24, 2.45) is 0 Å². The van der Waals surface area contributed by atoms with Crippen LogP contribution in [0.2, 0.25) is 0 Å². The molecule has 0 aromatic carbocycles. The number of aromatic carboxylic acids is 1. The van der Waals surface area contributed by atoms with Crippen molar-refractivity contribution >= 4 is 11.8 Å². The van der Waals surface area contributed by atoms with Crippen LogP contribution in [-0.2, 0) is 6.54 Å². The molecule has 0 aliphatic carbocycles. The summed E-state index contributed by atoms with van der Waals surface area (Å²) in [5.74, 6) is -0.717. The molecule has 19 heavy (non-hydrogen) atoms. The Labute approximate surface area is 110 Å². The first-order valence-electron chi connectivity index (χ1n) is 5.91. The van der Waals surface area contributed by atoms with Gasteiger partial charge < -0.3 is 10.0 Å². The fraction of sp³-hybridized carbons (Fsp3) is 0.231. The summed E-state index contributed by atoms with van der Waals surface area (Å²) in [5, 5.41) is 9.13. The van der Waals surface area contributed by atoms with Crippen molar-refractivity contribution in [2.45, 2.75) is 13.5 Å². The van der Waals surface area contributed by atoms with Crippen LogP contribution in [-0.4, -0.2) is 32.6 Å². The molecule has 2 aromatic rings. The van der Waals surface area contributed by atoms with Crippen LogP contribution in [0.25, 0.3) is 0 Å². The summed E-state index contributed by atoms with van der Waals surface area (Å²) in [6.07, 6.45) is 4.57. The van der Waals surface area contributed by atoms with Gasteiger partial charge in [0.05, 0.1) is 12.2 Å². The fourth-order valence-electron chi connectivity index (χ4n) is 1.74. The maximum atomic E-state index is 11.1. The predicted octanol–water partition coefficient (Wildman–Crippen LogP) is 1.60. The molecule has 0 saturated carbocycles. The van der Waals surface area contributed by atoms with Crippen molar-refractivity contribution in [1.29, 1.82) is 0 Å². The van der Waals surface area contributed by atoms with Crippen LogP contribution in [0.5, 0.6) is 0 Å². The minimum atomic E-state index is -1.08. The average Bonchev–Trinajstić information content (AvgIpc) is 2.46. The number of aromatic nitrogens is 3. The Balaban J connectivity index is 2.30. The van der Waals surface area contributed by atoms with Crippen LogP contribution in [0, 0.1) is 0 Å². The number of hydrogen-bond donors (Lipinski definition) is 1. The van der Waals surface area contributed by atoms with Crippen LogP contribution in [0.1, 0.15) is 23.1 Å². The zero-order valence-corrected chi connectivity index (χ0v) is 10.5. The van der Waals surface area contributed by atoms with Gasteiger partial charge >= 0.3 is 5.97 Å². The number of carbonyl (C=O) groups is 1. The summed E-state index contributed by atoms with van der Waals surface area (Å²) in [6.45, 7) is 3.05. The Kier molecular flexibility index (Phi) is 4.02. The van der Waals surface area contributed by atoms with Crippen molar-refractivity contribution in [1.82, 2.24) is 15.0 Å². The Morgan fingerprint density at radius 3 is 2.63 bits per heavy atom. The first kappa shape index (κ1) is 12.9. The van der Waals surface area contributed by atoms with Gasteiger partial charge in [-0.25, -0.2) is 14.8 Å². The highest BCUT2D eigenvalue weighted by atomic mass is 16.4. The molecule has 0 spiro atoms. The molecule has 98 valence electrons. The van der Waals surface area contributed by atoms with Gasteiger partial charge in [0.25, 0.3) is 0 Å². The molecule has 0 saturated heterocycles. The van der Waals surface area contributed by atoms with E-state index < -0.39 is 5.97 Å². The smallest absolute Gasteiger partial charge is 0.358 e. The maximum absolute atomic E-state index is 11.1. The molecule has 0 fully saturated rings. The molecule has 1 N–H and O–H groups in total. The molecule has 0 aliphatic rings. The van der Waals surface area contributed by atoms with Gasteiger partial charge in [0.2, 0.25) is 0 Å². The third kappa shape index (κ3) is 3.04. The number of rotatable bonds is 5. The number of carboxylic acid groups (broad SMARTS) is 1. The van der Waals surface area contributed by atoms with Gasteiger partial charge in [-0.15, -0.1) is 0 Å². The van der Waals surface area contributed by atoms with E-state index in [2.05, 4.69) is 15.0 Å². The monoisotopic (exact) mass is 258 g/mol. The molecule has 0 atom stereocenters. The lowest BCUT2D eigenvalue weighted by Gasteiger charge is -2.22. The first-order chi connectivity index (χ1) is 9.22. The second kappa shape index (κ2) is 5.90. The lowest BCUT2D eigenvalue weighted by atomic mass is 10.3. The summed E-state index contributed by atoms with van der Waals surface area (Å²) in [4.78, 5) is 25.2. The molecule has 0 unspecified atom stereocenters. The van der Waals surface area contributed by atoms with E-state index in [4.69, 9.17) is 5.11 Å². The highest BCUT2D eigenvalue weighted by molar-refractivity contribution is 5.90. The minimum Gasteiger partial charge on any atom is -0.476 e. The highest BCUT2D eigenvalue weighted by Gasteiger charge is 2.18. The number of carboxylic acids is 1. The fourth-order valence-corrected chi connectivity index (χ4v) is 1.74. The van der Waals surface area contributed by atoms with Crippen molar-refractivity contribution in [3.05, 3.63) is 48.2 Å². The van der Waals surface area contributed by atoms with Crippen LogP contribution in [0.15, 0.2) is 36.8 Å². The van der Waals surface area contributed by atoms with E-state index in [0.29, 0.717) is 18.9 Å². The Morgan fingerprint density at radius 2 is 2.00 bits per heavy atom. The zero-order chi connectivity index (χ0) is 13.7. The Hall–Kier alpha value is -2.50. The van der Waals surface area contributed by atoms with Crippen molar-refractivity contribution < 1.29 is 9.90 Å². The topological polar surface area (TPSA) is 79.2 Å². The van der Waals surface area contributed by atoms with Gasteiger partial charge in [-0.2, -0.15) is 0 Å². The lowest BCUT2D eigenvalue weighted by Crippen LogP contribution is -2.26. The van der Waals surface area contributed by atoms with E-state index >= 15 is 0 Å². The molecule has 2 aromatic heterocycles. The summed E-state index contributed by atoms with van der Waals surface area (Å²) >= 11 is 0. The third-order valence-corrected chi connectivity index (χ3v) is 2.64. The van der Waals surface area contributed by atoms with E-state index in [-0.39, 0.29) is 5.69 Å². The summed E-state index contributed by atoms with van der Waals surface area (Å²) in [6, 6.07) is 5.62. The number of nitrogens with zero attached hydrogens (tertiary/aromatic N) is 4. The normalized spacial score (nSPS) is 10.2. The minimum absolute atomic E-state index is 0.0414. The number of anilines is 1. The summed E-state index contributed by atoms with van der Waals surface area (Å²) in [5.41, 5.74) is 0.812. The van der Waals surface area contributed by atoms with Crippen LogP contribution >= 0.6 is 0 Å². The zero-order valence-electron chi connectivity index (χ0n) is 10.5. The molecular weight excluding hydrogens is 244 g/mol. The molecule has 0 radical (unpaired) electrons. The van der Waals surface area contributed by atoms with E-state index in [1.165, 1.54) is 12.4 Å². The van der Waals surface area contributed by atoms with Crippen LogP contribution < -0.4 is 4.90 Å². The van der Waals surface area contributed by atoms with Gasteiger partial charge in [-0.1, -0.05) is 6.07 Å². The van der Waals surface area contributed by atoms with E-state index in [9.17, 15) is 4.79 Å². The van der Waals surface area contributed by atoms with Gasteiger partial charge in [-0.05, 0) is 19.1 Å². The largest absolute Gasteiger partial charge is 0.476 e. The number of pyridine rings is 1. The molecule has 0 aliphatic heterocycles. The van der Waals surface area contributed by atoms with Gasteiger partial charge in [-0.3, -0.25) is 4.98 Å². The highest BCUT2D eigenvalue weighted by Crippen LogP contribution is 2.16. The standard InChI is InChI=1S/C13H14N4O2/c1-2-17(9-10-5-3-4-6-14-10)12-11(13(18)19)15-7-8-16-12/h3-8H,2,9H2,1H3,(H,18,19). The molecule has 6 nitrogen and oxygen atoms in total. The molecule has 0 bridgehead atoms. The SMILES string of the molecule is CCN(Cc1ccccn1)c1nccnc1C(=O)O. The van der Waals surface area contributed by atoms with E-state index in [1.54, 1.807) is 6.20 Å². The molecule has 2 heterocycles. The Bertz CT molecular complexity index is 560.